The van der Waals surface area contributed by atoms with Gasteiger partial charge in [-0.1, -0.05) is 29.8 Å². The highest BCUT2D eigenvalue weighted by atomic mass is 35.5. The van der Waals surface area contributed by atoms with Crippen molar-refractivity contribution in [1.29, 1.82) is 0 Å². The first-order valence-corrected chi connectivity index (χ1v) is 6.56. The van der Waals surface area contributed by atoms with E-state index >= 15 is 0 Å². The zero-order chi connectivity index (χ0) is 14.8. The third kappa shape index (κ3) is 4.31. The van der Waals surface area contributed by atoms with E-state index in [1.807, 2.05) is 45.0 Å². The Bertz CT molecular complexity index is 604. The maximum absolute atomic E-state index is 12.1. The van der Waals surface area contributed by atoms with Gasteiger partial charge in [-0.05, 0) is 26.8 Å². The lowest BCUT2D eigenvalue weighted by Gasteiger charge is -2.23. The van der Waals surface area contributed by atoms with Gasteiger partial charge in [0, 0.05) is 17.6 Å². The standard InChI is InChI=1S/C15H20N4O.ClH/c1-10-4-6-11(7-5-10)12-8-13(19-18-12)14(20)17-15(2,3)9-16;/h4-8H,9,16H2,1-3H3,(H,17,20)(H,18,19);1H. The fourth-order valence-corrected chi connectivity index (χ4v) is 1.74. The highest BCUT2D eigenvalue weighted by Gasteiger charge is 2.20. The molecule has 0 saturated heterocycles. The van der Waals surface area contributed by atoms with E-state index in [9.17, 15) is 4.79 Å². The number of nitrogens with two attached hydrogens (primary N) is 1. The van der Waals surface area contributed by atoms with Crippen molar-refractivity contribution in [2.45, 2.75) is 26.3 Å². The van der Waals surface area contributed by atoms with Crippen molar-refractivity contribution < 1.29 is 4.79 Å². The van der Waals surface area contributed by atoms with Crippen molar-refractivity contribution in [3.63, 3.8) is 0 Å². The highest BCUT2D eigenvalue weighted by Crippen LogP contribution is 2.18. The number of carbonyl (C=O) groups excluding carboxylic acids is 1. The molecule has 2 aromatic rings. The number of nitrogens with zero attached hydrogens (tertiary/aromatic N) is 1. The van der Waals surface area contributed by atoms with E-state index in [2.05, 4.69) is 15.5 Å². The Morgan fingerprint density at radius 1 is 1.33 bits per heavy atom. The summed E-state index contributed by atoms with van der Waals surface area (Å²) in [5, 5.41) is 9.80. The first-order chi connectivity index (χ1) is 9.41. The molecule has 0 aliphatic carbocycles. The number of amides is 1. The summed E-state index contributed by atoms with van der Waals surface area (Å²) in [4.78, 5) is 12.1. The fraction of sp³-hybridized carbons (Fsp3) is 0.333. The third-order valence-corrected chi connectivity index (χ3v) is 3.13. The molecule has 0 radical (unpaired) electrons. The van der Waals surface area contributed by atoms with Crippen LogP contribution in [-0.4, -0.2) is 28.2 Å². The lowest BCUT2D eigenvalue weighted by molar-refractivity contribution is 0.0910. The molecule has 0 atom stereocenters. The molecular weight excluding hydrogens is 288 g/mol. The van der Waals surface area contributed by atoms with Crippen LogP contribution in [0.15, 0.2) is 30.3 Å². The quantitative estimate of drug-likeness (QED) is 0.810. The second-order valence-corrected chi connectivity index (χ2v) is 5.58. The van der Waals surface area contributed by atoms with Gasteiger partial charge in [-0.3, -0.25) is 9.89 Å². The molecule has 0 bridgehead atoms. The summed E-state index contributed by atoms with van der Waals surface area (Å²) >= 11 is 0. The van der Waals surface area contributed by atoms with Crippen molar-refractivity contribution in [2.75, 3.05) is 6.54 Å². The molecule has 6 heteroatoms. The molecule has 21 heavy (non-hydrogen) atoms. The second kappa shape index (κ2) is 6.74. The number of nitrogens with one attached hydrogen (secondary N) is 2. The largest absolute Gasteiger partial charge is 0.345 e. The van der Waals surface area contributed by atoms with Crippen molar-refractivity contribution in [3.05, 3.63) is 41.6 Å². The molecule has 1 heterocycles. The molecule has 5 nitrogen and oxygen atoms in total. The topological polar surface area (TPSA) is 83.8 Å². The molecule has 0 aliphatic heterocycles. The van der Waals surface area contributed by atoms with Gasteiger partial charge in [0.05, 0.1) is 5.69 Å². The van der Waals surface area contributed by atoms with Crippen LogP contribution in [0.25, 0.3) is 11.3 Å². The van der Waals surface area contributed by atoms with E-state index in [4.69, 9.17) is 5.73 Å². The lowest BCUT2D eigenvalue weighted by atomic mass is 10.1. The minimum atomic E-state index is -0.438. The number of benzene rings is 1. The number of halogens is 1. The van der Waals surface area contributed by atoms with E-state index < -0.39 is 5.54 Å². The van der Waals surface area contributed by atoms with Crippen molar-refractivity contribution in [2.24, 2.45) is 5.73 Å². The Morgan fingerprint density at radius 3 is 2.52 bits per heavy atom. The normalized spacial score (nSPS) is 10.9. The number of rotatable bonds is 4. The van der Waals surface area contributed by atoms with E-state index in [0.717, 1.165) is 11.3 Å². The van der Waals surface area contributed by atoms with Crippen LogP contribution in [0.1, 0.15) is 29.9 Å². The Kier molecular flexibility index (Phi) is 5.52. The van der Waals surface area contributed by atoms with Crippen LogP contribution < -0.4 is 11.1 Å². The van der Waals surface area contributed by atoms with Crippen molar-refractivity contribution in [3.8, 4) is 11.3 Å². The Hall–Kier alpha value is -1.85. The van der Waals surface area contributed by atoms with Gasteiger partial charge in [-0.15, -0.1) is 12.4 Å². The minimum absolute atomic E-state index is 0. The molecule has 0 fully saturated rings. The Labute approximate surface area is 130 Å². The molecule has 0 spiro atoms. The molecule has 0 aliphatic rings. The molecule has 2 rings (SSSR count). The number of aryl methyl sites for hydroxylation is 1. The molecule has 0 saturated carbocycles. The molecule has 1 aromatic carbocycles. The Balaban J connectivity index is 0.00000220. The monoisotopic (exact) mass is 308 g/mol. The number of hydrogen-bond acceptors (Lipinski definition) is 3. The van der Waals surface area contributed by atoms with E-state index in [0.29, 0.717) is 12.2 Å². The van der Waals surface area contributed by atoms with Gasteiger partial charge in [0.25, 0.3) is 5.91 Å². The summed E-state index contributed by atoms with van der Waals surface area (Å²) in [5.41, 5.74) is 8.51. The van der Waals surface area contributed by atoms with Crippen LogP contribution in [0, 0.1) is 6.92 Å². The number of aromatic amines is 1. The number of aromatic nitrogens is 2. The van der Waals surface area contributed by atoms with Gasteiger partial charge in [0.1, 0.15) is 5.69 Å². The van der Waals surface area contributed by atoms with E-state index in [1.54, 1.807) is 6.07 Å². The first-order valence-electron chi connectivity index (χ1n) is 6.56. The summed E-state index contributed by atoms with van der Waals surface area (Å²) in [6, 6.07) is 9.74. The van der Waals surface area contributed by atoms with Crippen LogP contribution in [-0.2, 0) is 0 Å². The SMILES string of the molecule is Cc1ccc(-c2cc(C(=O)NC(C)(C)CN)[nH]n2)cc1.Cl. The Morgan fingerprint density at radius 2 is 1.95 bits per heavy atom. The van der Waals surface area contributed by atoms with Crippen molar-refractivity contribution >= 4 is 18.3 Å². The molecule has 114 valence electrons. The van der Waals surface area contributed by atoms with E-state index in [-0.39, 0.29) is 18.3 Å². The molecule has 1 amide bonds. The molecule has 0 unspecified atom stereocenters. The van der Waals surface area contributed by atoms with Gasteiger partial charge < -0.3 is 11.1 Å². The average Bonchev–Trinajstić information content (AvgIpc) is 2.89. The van der Waals surface area contributed by atoms with Crippen LogP contribution >= 0.6 is 12.4 Å². The fourth-order valence-electron chi connectivity index (χ4n) is 1.74. The summed E-state index contributed by atoms with van der Waals surface area (Å²) in [5.74, 6) is -0.202. The summed E-state index contributed by atoms with van der Waals surface area (Å²) in [6.07, 6.45) is 0. The molecule has 1 aromatic heterocycles. The molecule has 4 N–H and O–H groups in total. The van der Waals surface area contributed by atoms with Gasteiger partial charge >= 0.3 is 0 Å². The van der Waals surface area contributed by atoms with Crippen LogP contribution in [0.2, 0.25) is 0 Å². The highest BCUT2D eigenvalue weighted by molar-refractivity contribution is 5.93. The zero-order valence-electron chi connectivity index (χ0n) is 12.4. The maximum Gasteiger partial charge on any atom is 0.269 e. The van der Waals surface area contributed by atoms with Gasteiger partial charge in [0.15, 0.2) is 0 Å². The van der Waals surface area contributed by atoms with Crippen LogP contribution in [0.4, 0.5) is 0 Å². The number of hydrogen-bond donors (Lipinski definition) is 3. The van der Waals surface area contributed by atoms with Crippen molar-refractivity contribution in [1.82, 2.24) is 15.5 Å². The van der Waals surface area contributed by atoms with Gasteiger partial charge in [-0.25, -0.2) is 0 Å². The molecular formula is C15H21ClN4O. The minimum Gasteiger partial charge on any atom is -0.345 e. The van der Waals surface area contributed by atoms with Crippen LogP contribution in [0.5, 0.6) is 0 Å². The predicted molar refractivity (Wildman–Crippen MR) is 86.6 cm³/mol. The van der Waals surface area contributed by atoms with Gasteiger partial charge in [-0.2, -0.15) is 5.10 Å². The van der Waals surface area contributed by atoms with E-state index in [1.165, 1.54) is 5.56 Å². The first kappa shape index (κ1) is 17.2. The summed E-state index contributed by atoms with van der Waals surface area (Å²) in [7, 11) is 0. The summed E-state index contributed by atoms with van der Waals surface area (Å²) < 4.78 is 0. The van der Waals surface area contributed by atoms with Gasteiger partial charge in [0.2, 0.25) is 0 Å². The maximum atomic E-state index is 12.1. The predicted octanol–water partition coefficient (Wildman–Crippen LogP) is 2.27. The smallest absolute Gasteiger partial charge is 0.269 e. The summed E-state index contributed by atoms with van der Waals surface area (Å²) in [6.45, 7) is 6.16. The zero-order valence-corrected chi connectivity index (χ0v) is 13.3. The number of carbonyl (C=O) groups is 1. The second-order valence-electron chi connectivity index (χ2n) is 5.58. The average molecular weight is 309 g/mol. The lowest BCUT2D eigenvalue weighted by Crippen LogP contribution is -2.48. The third-order valence-electron chi connectivity index (χ3n) is 3.13. The number of H-pyrrole nitrogens is 1. The van der Waals surface area contributed by atoms with Crippen LogP contribution in [0.3, 0.4) is 0 Å².